The van der Waals surface area contributed by atoms with Crippen LogP contribution in [0.3, 0.4) is 0 Å². The van der Waals surface area contributed by atoms with E-state index in [0.29, 0.717) is 5.65 Å². The predicted molar refractivity (Wildman–Crippen MR) is 134 cm³/mol. The second-order valence-electron chi connectivity index (χ2n) is 10.6. The number of hydrogen-bond acceptors (Lipinski definition) is 7. The van der Waals surface area contributed by atoms with Gasteiger partial charge in [-0.2, -0.15) is 4.98 Å². The summed E-state index contributed by atoms with van der Waals surface area (Å²) >= 11 is 0. The molecule has 9 nitrogen and oxygen atoms in total. The van der Waals surface area contributed by atoms with Crippen LogP contribution in [0.2, 0.25) is 18.1 Å². The van der Waals surface area contributed by atoms with Gasteiger partial charge in [-0.3, -0.25) is 14.3 Å². The molecule has 1 aromatic carbocycles. The Labute approximate surface area is 200 Å². The van der Waals surface area contributed by atoms with Crippen LogP contribution in [0.5, 0.6) is 0 Å². The number of ether oxygens (including phenoxy) is 1. The molecule has 3 aromatic rings. The number of nitrogen functional groups attached to an aromatic ring is 1. The van der Waals surface area contributed by atoms with Crippen molar-refractivity contribution in [2.45, 2.75) is 70.2 Å². The van der Waals surface area contributed by atoms with Crippen molar-refractivity contribution in [2.75, 3.05) is 12.3 Å². The van der Waals surface area contributed by atoms with Crippen LogP contribution in [0.4, 0.5) is 5.95 Å². The minimum atomic E-state index is -2.21. The molecule has 3 heterocycles. The van der Waals surface area contributed by atoms with E-state index in [2.05, 4.69) is 60.9 Å². The number of fused-ring (bicyclic) bond motifs is 1. The average Bonchev–Trinajstić information content (AvgIpc) is 3.33. The fourth-order valence-electron chi connectivity index (χ4n) is 4.30. The van der Waals surface area contributed by atoms with Gasteiger partial charge in [-0.1, -0.05) is 51.1 Å². The summed E-state index contributed by atoms with van der Waals surface area (Å²) in [4.78, 5) is 23.4. The second-order valence-corrected chi connectivity index (χ2v) is 15.3. The first-order chi connectivity index (χ1) is 16.0. The summed E-state index contributed by atoms with van der Waals surface area (Å²) in [6.07, 6.45) is 1.82. The molecule has 2 aromatic heterocycles. The summed E-state index contributed by atoms with van der Waals surface area (Å²) in [6, 6.07) is 10.3. The van der Waals surface area contributed by atoms with Gasteiger partial charge in [0.25, 0.3) is 5.56 Å². The lowest BCUT2D eigenvalue weighted by Crippen LogP contribution is -2.47. The molecule has 4 rings (SSSR count). The van der Waals surface area contributed by atoms with Gasteiger partial charge in [-0.05, 0) is 36.5 Å². The monoisotopic (exact) mass is 485 g/mol. The summed E-state index contributed by atoms with van der Waals surface area (Å²) in [5.41, 5.74) is 7.18. The molecule has 1 fully saturated rings. The SMILES string of the molecule is CC(C)(C)[Si](C)(C)OC1[C@@H](CCc2ccccc2)[C@@H](CO)O[C@H]1n1cnc2c(=O)[nH]c(N)nc21. The number of aliphatic hydroxyl groups excluding tert-OH is 1. The quantitative estimate of drug-likeness (QED) is 0.438. The highest BCUT2D eigenvalue weighted by Crippen LogP contribution is 2.45. The Hall–Kier alpha value is -2.53. The summed E-state index contributed by atoms with van der Waals surface area (Å²) in [5.74, 6) is -0.0421. The largest absolute Gasteiger partial charge is 0.409 e. The normalized spacial score (nSPS) is 23.6. The molecule has 0 aliphatic carbocycles. The number of H-pyrrole nitrogens is 1. The maximum Gasteiger partial charge on any atom is 0.280 e. The van der Waals surface area contributed by atoms with Gasteiger partial charge >= 0.3 is 0 Å². The van der Waals surface area contributed by atoms with Gasteiger partial charge in [0.05, 0.1) is 25.1 Å². The van der Waals surface area contributed by atoms with Gasteiger partial charge in [0, 0.05) is 5.92 Å². The molecule has 0 spiro atoms. The maximum absolute atomic E-state index is 12.4. The van der Waals surface area contributed by atoms with Crippen molar-refractivity contribution >= 4 is 25.4 Å². The third-order valence-corrected chi connectivity index (χ3v) is 11.7. The van der Waals surface area contributed by atoms with Gasteiger partial charge in [0.1, 0.15) is 0 Å². The van der Waals surface area contributed by atoms with E-state index >= 15 is 0 Å². The van der Waals surface area contributed by atoms with E-state index in [1.807, 2.05) is 18.2 Å². The van der Waals surface area contributed by atoms with Crippen LogP contribution >= 0.6 is 0 Å². The van der Waals surface area contributed by atoms with Crippen LogP contribution in [0, 0.1) is 5.92 Å². The van der Waals surface area contributed by atoms with Gasteiger partial charge in [-0.15, -0.1) is 0 Å². The highest BCUT2D eigenvalue weighted by atomic mass is 28.4. The molecule has 184 valence electrons. The molecule has 10 heteroatoms. The fraction of sp³-hybridized carbons (Fsp3) is 0.542. The number of nitrogens with two attached hydrogens (primary N) is 1. The van der Waals surface area contributed by atoms with E-state index in [-0.39, 0.29) is 35.1 Å². The first-order valence-electron chi connectivity index (χ1n) is 11.7. The van der Waals surface area contributed by atoms with Crippen LogP contribution in [-0.2, 0) is 15.6 Å². The highest BCUT2D eigenvalue weighted by Gasteiger charge is 2.50. The zero-order valence-electron chi connectivity index (χ0n) is 20.5. The topological polar surface area (TPSA) is 128 Å². The number of benzene rings is 1. The lowest BCUT2D eigenvalue weighted by Gasteiger charge is -2.41. The van der Waals surface area contributed by atoms with Crippen LogP contribution < -0.4 is 11.3 Å². The Morgan fingerprint density at radius 2 is 1.97 bits per heavy atom. The number of rotatable bonds is 7. The number of imidazole rings is 1. The molecule has 0 bridgehead atoms. The van der Waals surface area contributed by atoms with E-state index in [1.54, 1.807) is 10.9 Å². The minimum absolute atomic E-state index is 0.0125. The zero-order valence-corrected chi connectivity index (χ0v) is 21.5. The number of nitrogens with one attached hydrogen (secondary N) is 1. The Kier molecular flexibility index (Phi) is 6.69. The molecule has 1 saturated heterocycles. The van der Waals surface area contributed by atoms with E-state index in [1.165, 1.54) is 5.56 Å². The van der Waals surface area contributed by atoms with E-state index < -0.39 is 26.2 Å². The Morgan fingerprint density at radius 3 is 2.62 bits per heavy atom. The van der Waals surface area contributed by atoms with Crippen molar-refractivity contribution in [2.24, 2.45) is 5.92 Å². The predicted octanol–water partition coefficient (Wildman–Crippen LogP) is 3.23. The van der Waals surface area contributed by atoms with E-state index in [9.17, 15) is 9.90 Å². The average molecular weight is 486 g/mol. The third kappa shape index (κ3) is 4.68. The first kappa shape index (κ1) is 24.6. The van der Waals surface area contributed by atoms with E-state index in [0.717, 1.165) is 12.8 Å². The number of anilines is 1. The van der Waals surface area contributed by atoms with Crippen molar-refractivity contribution in [3.63, 3.8) is 0 Å². The van der Waals surface area contributed by atoms with Gasteiger partial charge < -0.3 is 20.0 Å². The molecule has 0 amide bonds. The van der Waals surface area contributed by atoms with Crippen molar-refractivity contribution in [3.05, 3.63) is 52.6 Å². The van der Waals surface area contributed by atoms with Crippen LogP contribution in [0.1, 0.15) is 39.0 Å². The number of aliphatic hydroxyl groups is 1. The summed E-state index contributed by atoms with van der Waals surface area (Å²) in [6.45, 7) is 10.9. The zero-order chi connectivity index (χ0) is 24.7. The van der Waals surface area contributed by atoms with Gasteiger partial charge in [0.2, 0.25) is 5.95 Å². The van der Waals surface area contributed by atoms with Crippen molar-refractivity contribution in [3.8, 4) is 0 Å². The number of aryl methyl sites for hydroxylation is 1. The molecular formula is C24H35N5O4Si. The molecule has 4 atom stereocenters. The van der Waals surface area contributed by atoms with Crippen molar-refractivity contribution < 1.29 is 14.3 Å². The fourth-order valence-corrected chi connectivity index (χ4v) is 5.63. The van der Waals surface area contributed by atoms with Gasteiger partial charge in [-0.25, -0.2) is 4.98 Å². The lowest BCUT2D eigenvalue weighted by molar-refractivity contribution is -0.0470. The summed E-state index contributed by atoms with van der Waals surface area (Å²) in [5, 5.41) is 10.2. The molecule has 1 unspecified atom stereocenters. The van der Waals surface area contributed by atoms with Crippen LogP contribution in [0.15, 0.2) is 41.5 Å². The van der Waals surface area contributed by atoms with Gasteiger partial charge in [0.15, 0.2) is 25.7 Å². The molecule has 1 aliphatic heterocycles. The highest BCUT2D eigenvalue weighted by molar-refractivity contribution is 6.74. The number of aromatic nitrogens is 4. The van der Waals surface area contributed by atoms with Crippen LogP contribution in [-0.4, -0.2) is 51.8 Å². The third-order valence-electron chi connectivity index (χ3n) is 7.25. The Balaban J connectivity index is 1.74. The van der Waals surface area contributed by atoms with E-state index in [4.69, 9.17) is 14.9 Å². The number of nitrogens with zero attached hydrogens (tertiary/aromatic N) is 3. The molecule has 34 heavy (non-hydrogen) atoms. The molecular weight excluding hydrogens is 450 g/mol. The number of aromatic amines is 1. The molecule has 1 aliphatic rings. The molecule has 0 radical (unpaired) electrons. The standard InChI is InChI=1S/C24H35N5O4Si/c1-24(2,3)34(4,5)33-19-16(12-11-15-9-7-6-8-10-15)17(13-30)32-22(19)29-14-26-18-20(29)27-23(25)28-21(18)31/h6-10,14,16-17,19,22,30H,11-13H2,1-5H3,(H3,25,27,28,31)/t16-,17+,19?,22+/m0/s1. The first-order valence-corrected chi connectivity index (χ1v) is 14.6. The second kappa shape index (κ2) is 9.25. The molecule has 4 N–H and O–H groups in total. The maximum atomic E-state index is 12.4. The van der Waals surface area contributed by atoms with Crippen molar-refractivity contribution in [1.82, 2.24) is 19.5 Å². The Morgan fingerprint density at radius 1 is 1.26 bits per heavy atom. The van der Waals surface area contributed by atoms with Crippen molar-refractivity contribution in [1.29, 1.82) is 0 Å². The smallest absolute Gasteiger partial charge is 0.280 e. The Bertz CT molecular complexity index is 1190. The van der Waals surface area contributed by atoms with Crippen LogP contribution in [0.25, 0.3) is 11.2 Å². The summed E-state index contributed by atoms with van der Waals surface area (Å²) < 4.78 is 15.1. The lowest BCUT2D eigenvalue weighted by atomic mass is 9.91. The molecule has 0 saturated carbocycles. The number of hydrogen-bond donors (Lipinski definition) is 3. The summed E-state index contributed by atoms with van der Waals surface area (Å²) in [7, 11) is -2.21. The minimum Gasteiger partial charge on any atom is -0.409 e.